The fourth-order valence-electron chi connectivity index (χ4n) is 4.81. The van der Waals surface area contributed by atoms with Gasteiger partial charge in [0, 0.05) is 57.3 Å². The van der Waals surface area contributed by atoms with Crippen molar-refractivity contribution in [1.82, 2.24) is 20.1 Å². The van der Waals surface area contributed by atoms with E-state index >= 15 is 0 Å². The SMILES string of the molecule is Cc1c(N2CCCC2=O)cccc1S(=O)(=O)N[C@@H](Cc1cc(-c2ccc(Cl)s2)on1)C(=O)N1CCNCC1. The Balaban J connectivity index is 1.43. The van der Waals surface area contributed by atoms with Crippen LogP contribution >= 0.6 is 22.9 Å². The minimum absolute atomic E-state index is 0.00789. The minimum atomic E-state index is -4.13. The number of nitrogens with one attached hydrogen (secondary N) is 2. The number of hydrogen-bond donors (Lipinski definition) is 2. The van der Waals surface area contributed by atoms with E-state index in [1.165, 1.54) is 17.4 Å². The maximum absolute atomic E-state index is 13.7. The molecule has 0 unspecified atom stereocenters. The van der Waals surface area contributed by atoms with Crippen LogP contribution in [0.4, 0.5) is 5.69 Å². The summed E-state index contributed by atoms with van der Waals surface area (Å²) < 4.78 is 36.0. The summed E-state index contributed by atoms with van der Waals surface area (Å²) in [6.45, 7) is 4.43. The number of aromatic nitrogens is 1. The number of thiophene rings is 1. The van der Waals surface area contributed by atoms with Crippen LogP contribution in [0, 0.1) is 6.92 Å². The number of hydrogen-bond acceptors (Lipinski definition) is 8. The van der Waals surface area contributed by atoms with E-state index in [0.717, 1.165) is 11.3 Å². The largest absolute Gasteiger partial charge is 0.355 e. The molecule has 2 aliphatic rings. The van der Waals surface area contributed by atoms with Crippen LogP contribution in [0.15, 0.2) is 45.8 Å². The molecule has 10 nitrogen and oxygen atoms in total. The topological polar surface area (TPSA) is 125 Å². The number of anilines is 1. The second-order valence-corrected chi connectivity index (χ2v) is 12.7. The molecule has 1 aromatic carbocycles. The molecular weight excluding hydrogens is 550 g/mol. The number of piperazine rings is 1. The monoisotopic (exact) mass is 577 g/mol. The van der Waals surface area contributed by atoms with Gasteiger partial charge in [0.25, 0.3) is 0 Å². The molecule has 0 aliphatic carbocycles. The van der Waals surface area contributed by atoms with Crippen molar-refractivity contribution in [1.29, 1.82) is 0 Å². The molecule has 2 aromatic heterocycles. The normalized spacial score (nSPS) is 17.3. The number of sulfonamides is 1. The van der Waals surface area contributed by atoms with Gasteiger partial charge in [-0.2, -0.15) is 4.72 Å². The highest BCUT2D eigenvalue weighted by Crippen LogP contribution is 2.32. The summed E-state index contributed by atoms with van der Waals surface area (Å²) >= 11 is 7.37. The zero-order valence-corrected chi connectivity index (χ0v) is 23.2. The number of benzene rings is 1. The fraction of sp³-hybridized carbons (Fsp3) is 0.400. The molecular formula is C25H28ClN5O5S2. The summed E-state index contributed by atoms with van der Waals surface area (Å²) in [5.74, 6) is 0.130. The average Bonchev–Trinajstić information content (AvgIpc) is 3.65. The molecule has 3 aromatic rings. The Labute approximate surface area is 230 Å². The molecule has 0 radical (unpaired) electrons. The van der Waals surface area contributed by atoms with Crippen molar-refractivity contribution in [3.05, 3.63) is 52.0 Å². The zero-order valence-electron chi connectivity index (χ0n) is 20.8. The van der Waals surface area contributed by atoms with Crippen molar-refractivity contribution in [3.63, 3.8) is 0 Å². The minimum Gasteiger partial charge on any atom is -0.355 e. The van der Waals surface area contributed by atoms with Gasteiger partial charge in [-0.3, -0.25) is 9.59 Å². The van der Waals surface area contributed by atoms with E-state index in [1.807, 2.05) is 6.07 Å². The second-order valence-electron chi connectivity index (χ2n) is 9.29. The van der Waals surface area contributed by atoms with Crippen LogP contribution in [0.3, 0.4) is 0 Å². The number of carbonyl (C=O) groups excluding carboxylic acids is 2. The Kier molecular flexibility index (Phi) is 7.87. The Morgan fingerprint density at radius 3 is 2.71 bits per heavy atom. The number of halogens is 1. The second kappa shape index (κ2) is 11.1. The first kappa shape index (κ1) is 26.8. The van der Waals surface area contributed by atoms with Gasteiger partial charge < -0.3 is 19.6 Å². The molecule has 2 amide bonds. The molecule has 38 heavy (non-hydrogen) atoms. The van der Waals surface area contributed by atoms with E-state index in [-0.39, 0.29) is 23.1 Å². The third-order valence-electron chi connectivity index (χ3n) is 6.72. The summed E-state index contributed by atoms with van der Waals surface area (Å²) in [6, 6.07) is 9.01. The molecule has 202 valence electrons. The van der Waals surface area contributed by atoms with Crippen molar-refractivity contribution < 1.29 is 22.5 Å². The maximum atomic E-state index is 13.7. The van der Waals surface area contributed by atoms with Crippen LogP contribution in [-0.4, -0.2) is 69.1 Å². The van der Waals surface area contributed by atoms with Gasteiger partial charge in [0.1, 0.15) is 6.04 Å². The molecule has 2 aliphatic heterocycles. The van der Waals surface area contributed by atoms with Gasteiger partial charge in [-0.25, -0.2) is 8.42 Å². The van der Waals surface area contributed by atoms with E-state index in [0.29, 0.717) is 66.2 Å². The van der Waals surface area contributed by atoms with E-state index < -0.39 is 16.1 Å². The van der Waals surface area contributed by atoms with Crippen LogP contribution in [0.5, 0.6) is 0 Å². The highest BCUT2D eigenvalue weighted by Gasteiger charge is 2.33. The number of amides is 2. The zero-order chi connectivity index (χ0) is 26.9. The van der Waals surface area contributed by atoms with Gasteiger partial charge in [0.15, 0.2) is 5.76 Å². The number of nitrogens with zero attached hydrogens (tertiary/aromatic N) is 3. The van der Waals surface area contributed by atoms with Crippen molar-refractivity contribution in [2.24, 2.45) is 0 Å². The average molecular weight is 578 g/mol. The summed E-state index contributed by atoms with van der Waals surface area (Å²) in [7, 11) is -4.13. The summed E-state index contributed by atoms with van der Waals surface area (Å²) in [5.41, 5.74) is 1.46. The van der Waals surface area contributed by atoms with Gasteiger partial charge in [-0.05, 0) is 43.2 Å². The maximum Gasteiger partial charge on any atom is 0.241 e. The molecule has 2 saturated heterocycles. The van der Waals surface area contributed by atoms with Gasteiger partial charge in [-0.15, -0.1) is 11.3 Å². The third-order valence-corrected chi connectivity index (χ3v) is 9.58. The van der Waals surface area contributed by atoms with Crippen molar-refractivity contribution in [2.45, 2.75) is 37.1 Å². The Morgan fingerprint density at radius 2 is 2.03 bits per heavy atom. The van der Waals surface area contributed by atoms with E-state index in [4.69, 9.17) is 16.1 Å². The van der Waals surface area contributed by atoms with Crippen LogP contribution in [0.1, 0.15) is 24.1 Å². The quantitative estimate of drug-likeness (QED) is 0.422. The van der Waals surface area contributed by atoms with Crippen molar-refractivity contribution in [2.75, 3.05) is 37.6 Å². The first-order valence-electron chi connectivity index (χ1n) is 12.4. The molecule has 4 heterocycles. The number of carbonyl (C=O) groups is 2. The number of rotatable bonds is 8. The van der Waals surface area contributed by atoms with Crippen LogP contribution in [-0.2, 0) is 26.0 Å². The summed E-state index contributed by atoms with van der Waals surface area (Å²) in [6.07, 6.45) is 1.17. The molecule has 0 spiro atoms. The van der Waals surface area contributed by atoms with E-state index in [1.54, 1.807) is 41.0 Å². The molecule has 2 fully saturated rings. The molecule has 2 N–H and O–H groups in total. The lowest BCUT2D eigenvalue weighted by molar-refractivity contribution is -0.133. The van der Waals surface area contributed by atoms with Crippen LogP contribution in [0.25, 0.3) is 10.6 Å². The fourth-order valence-corrected chi connectivity index (χ4v) is 7.25. The molecule has 13 heteroatoms. The molecule has 1 atom stereocenters. The first-order valence-corrected chi connectivity index (χ1v) is 15.0. The molecule has 0 bridgehead atoms. The third kappa shape index (κ3) is 5.64. The lowest BCUT2D eigenvalue weighted by atomic mass is 10.1. The lowest BCUT2D eigenvalue weighted by Gasteiger charge is -2.31. The smallest absolute Gasteiger partial charge is 0.241 e. The van der Waals surface area contributed by atoms with Crippen LogP contribution in [0.2, 0.25) is 4.34 Å². The highest BCUT2D eigenvalue weighted by atomic mass is 35.5. The van der Waals surface area contributed by atoms with Gasteiger partial charge in [0.05, 0.1) is 19.8 Å². The Bertz CT molecular complexity index is 1450. The summed E-state index contributed by atoms with van der Waals surface area (Å²) in [5, 5.41) is 7.29. The van der Waals surface area contributed by atoms with Crippen molar-refractivity contribution in [3.8, 4) is 10.6 Å². The Hall–Kier alpha value is -2.77. The standard InChI is InChI=1S/C25H28ClN5O5S2/c1-16-19(31-11-3-6-24(31)32)4-2-5-22(16)38(34,35)29-18(25(33)30-12-9-27-10-13-30)14-17-15-20(36-28-17)21-7-8-23(26)37-21/h2,4-5,7-8,15,18,27,29H,3,6,9-14H2,1H3/t18-/m0/s1. The van der Waals surface area contributed by atoms with Gasteiger partial charge in [-0.1, -0.05) is 22.8 Å². The van der Waals surface area contributed by atoms with Gasteiger partial charge in [0.2, 0.25) is 21.8 Å². The van der Waals surface area contributed by atoms with Crippen molar-refractivity contribution >= 4 is 50.5 Å². The van der Waals surface area contributed by atoms with E-state index in [2.05, 4.69) is 15.2 Å². The molecule has 0 saturated carbocycles. The molecule has 5 rings (SSSR count). The predicted molar refractivity (Wildman–Crippen MR) is 145 cm³/mol. The predicted octanol–water partition coefficient (Wildman–Crippen LogP) is 2.81. The lowest BCUT2D eigenvalue weighted by Crippen LogP contribution is -2.54. The highest BCUT2D eigenvalue weighted by molar-refractivity contribution is 7.89. The first-order chi connectivity index (χ1) is 18.2. The van der Waals surface area contributed by atoms with Gasteiger partial charge >= 0.3 is 0 Å². The Morgan fingerprint density at radius 1 is 1.24 bits per heavy atom. The van der Waals surface area contributed by atoms with Crippen LogP contribution < -0.4 is 14.9 Å². The summed E-state index contributed by atoms with van der Waals surface area (Å²) in [4.78, 5) is 29.9. The van der Waals surface area contributed by atoms with E-state index in [9.17, 15) is 18.0 Å².